The number of H-pyrrole nitrogens is 1. The second kappa shape index (κ2) is 7.44. The highest BCUT2D eigenvalue weighted by atomic mass is 16.1. The minimum Gasteiger partial charge on any atom is -0.356 e. The van der Waals surface area contributed by atoms with Crippen LogP contribution in [0.4, 0.5) is 0 Å². The van der Waals surface area contributed by atoms with E-state index in [2.05, 4.69) is 56.4 Å². The van der Waals surface area contributed by atoms with Gasteiger partial charge in [-0.3, -0.25) is 4.79 Å². The molecule has 5 nitrogen and oxygen atoms in total. The molecule has 0 aliphatic heterocycles. The predicted molar refractivity (Wildman–Crippen MR) is 104 cm³/mol. The highest BCUT2D eigenvalue weighted by molar-refractivity contribution is 5.80. The normalized spacial score (nSPS) is 11.2. The van der Waals surface area contributed by atoms with Crippen LogP contribution in [-0.4, -0.2) is 27.0 Å². The molecule has 0 atom stereocenters. The Morgan fingerprint density at radius 1 is 1.08 bits per heavy atom. The van der Waals surface area contributed by atoms with Gasteiger partial charge in [0.2, 0.25) is 5.91 Å². The molecule has 0 radical (unpaired) electrons. The van der Waals surface area contributed by atoms with Gasteiger partial charge in [-0.2, -0.15) is 0 Å². The topological polar surface area (TPSA) is 62.7 Å². The SMILES string of the molecule is O=C(CCc1nc2ccccc2[nH]1)NCCCn1ccc2ccccc21. The van der Waals surface area contributed by atoms with Gasteiger partial charge in [-0.15, -0.1) is 0 Å². The van der Waals surface area contributed by atoms with Crippen LogP contribution in [0.15, 0.2) is 60.8 Å². The molecule has 4 rings (SSSR count). The van der Waals surface area contributed by atoms with Crippen LogP contribution in [0.1, 0.15) is 18.7 Å². The zero-order chi connectivity index (χ0) is 17.8. The third kappa shape index (κ3) is 3.61. The largest absolute Gasteiger partial charge is 0.356 e. The average Bonchev–Trinajstić information content (AvgIpc) is 3.27. The highest BCUT2D eigenvalue weighted by Gasteiger charge is 2.06. The summed E-state index contributed by atoms with van der Waals surface area (Å²) in [5.74, 6) is 0.933. The molecule has 0 fully saturated rings. The van der Waals surface area contributed by atoms with Crippen molar-refractivity contribution in [3.63, 3.8) is 0 Å². The van der Waals surface area contributed by atoms with E-state index in [0.717, 1.165) is 29.8 Å². The van der Waals surface area contributed by atoms with Gasteiger partial charge in [0, 0.05) is 37.6 Å². The van der Waals surface area contributed by atoms with E-state index < -0.39 is 0 Å². The Hall–Kier alpha value is -3.08. The fourth-order valence-electron chi connectivity index (χ4n) is 3.26. The van der Waals surface area contributed by atoms with E-state index in [4.69, 9.17) is 0 Å². The predicted octanol–water partition coefficient (Wildman–Crippen LogP) is 3.66. The summed E-state index contributed by atoms with van der Waals surface area (Å²) < 4.78 is 2.23. The number of rotatable bonds is 7. The molecule has 5 heteroatoms. The number of benzene rings is 2. The molecule has 0 unspecified atom stereocenters. The van der Waals surface area contributed by atoms with Crippen molar-refractivity contribution in [2.75, 3.05) is 6.54 Å². The van der Waals surface area contributed by atoms with Crippen molar-refractivity contribution in [1.82, 2.24) is 19.9 Å². The number of fused-ring (bicyclic) bond motifs is 2. The summed E-state index contributed by atoms with van der Waals surface area (Å²) in [5.41, 5.74) is 3.20. The number of aromatic nitrogens is 3. The van der Waals surface area contributed by atoms with Crippen LogP contribution in [0, 0.1) is 0 Å². The first-order valence-electron chi connectivity index (χ1n) is 9.04. The van der Waals surface area contributed by atoms with Crippen molar-refractivity contribution in [2.45, 2.75) is 25.8 Å². The molecular formula is C21H22N4O. The van der Waals surface area contributed by atoms with Crippen LogP contribution >= 0.6 is 0 Å². The van der Waals surface area contributed by atoms with Gasteiger partial charge in [0.25, 0.3) is 0 Å². The first-order chi connectivity index (χ1) is 12.8. The first-order valence-corrected chi connectivity index (χ1v) is 9.04. The van der Waals surface area contributed by atoms with Gasteiger partial charge in [0.1, 0.15) is 5.82 Å². The Morgan fingerprint density at radius 2 is 1.92 bits per heavy atom. The second-order valence-corrected chi connectivity index (χ2v) is 6.47. The molecule has 132 valence electrons. The van der Waals surface area contributed by atoms with Gasteiger partial charge in [-0.05, 0) is 36.1 Å². The fourth-order valence-corrected chi connectivity index (χ4v) is 3.26. The van der Waals surface area contributed by atoms with E-state index in [1.54, 1.807) is 0 Å². The van der Waals surface area contributed by atoms with Crippen LogP contribution < -0.4 is 5.32 Å². The van der Waals surface area contributed by atoms with E-state index in [1.807, 2.05) is 24.3 Å². The lowest BCUT2D eigenvalue weighted by atomic mass is 10.2. The van der Waals surface area contributed by atoms with Crippen molar-refractivity contribution in [3.05, 3.63) is 66.6 Å². The lowest BCUT2D eigenvalue weighted by Crippen LogP contribution is -2.25. The number of carbonyl (C=O) groups is 1. The zero-order valence-corrected chi connectivity index (χ0v) is 14.6. The molecule has 2 aromatic heterocycles. The van der Waals surface area contributed by atoms with E-state index >= 15 is 0 Å². The standard InChI is InChI=1S/C21H22N4O/c26-21(11-10-20-23-17-7-2-3-8-18(17)24-20)22-13-5-14-25-15-12-16-6-1-4-9-19(16)25/h1-4,6-9,12,15H,5,10-11,13-14H2,(H,22,26)(H,23,24). The molecule has 0 spiro atoms. The van der Waals surface area contributed by atoms with Crippen molar-refractivity contribution in [2.24, 2.45) is 0 Å². The average molecular weight is 346 g/mol. The number of amides is 1. The fraction of sp³-hybridized carbons (Fsp3) is 0.238. The number of aromatic amines is 1. The van der Waals surface area contributed by atoms with Crippen molar-refractivity contribution >= 4 is 27.8 Å². The van der Waals surface area contributed by atoms with Gasteiger partial charge >= 0.3 is 0 Å². The Morgan fingerprint density at radius 3 is 2.85 bits per heavy atom. The Balaban J connectivity index is 1.21. The molecule has 2 aromatic carbocycles. The lowest BCUT2D eigenvalue weighted by molar-refractivity contribution is -0.121. The van der Waals surface area contributed by atoms with Crippen LogP contribution in [-0.2, 0) is 17.8 Å². The highest BCUT2D eigenvalue weighted by Crippen LogP contribution is 2.15. The molecular weight excluding hydrogens is 324 g/mol. The number of imidazole rings is 1. The molecule has 0 aliphatic carbocycles. The molecule has 1 amide bonds. The van der Waals surface area contributed by atoms with Gasteiger partial charge in [0.15, 0.2) is 0 Å². The molecule has 2 heterocycles. The quantitative estimate of drug-likeness (QED) is 0.502. The van der Waals surface area contributed by atoms with E-state index in [1.165, 1.54) is 10.9 Å². The van der Waals surface area contributed by atoms with Gasteiger partial charge in [0.05, 0.1) is 11.0 Å². The number of hydrogen-bond acceptors (Lipinski definition) is 2. The maximum absolute atomic E-state index is 12.0. The summed E-state index contributed by atoms with van der Waals surface area (Å²) in [6.07, 6.45) is 4.10. The van der Waals surface area contributed by atoms with Crippen LogP contribution in [0.5, 0.6) is 0 Å². The zero-order valence-electron chi connectivity index (χ0n) is 14.6. The van der Waals surface area contributed by atoms with Crippen molar-refractivity contribution in [3.8, 4) is 0 Å². The molecule has 26 heavy (non-hydrogen) atoms. The number of carbonyl (C=O) groups excluding carboxylic acids is 1. The maximum Gasteiger partial charge on any atom is 0.220 e. The van der Waals surface area contributed by atoms with E-state index in [0.29, 0.717) is 19.4 Å². The van der Waals surface area contributed by atoms with Crippen LogP contribution in [0.25, 0.3) is 21.9 Å². The first kappa shape index (κ1) is 16.4. The molecule has 0 aliphatic rings. The van der Waals surface area contributed by atoms with Crippen molar-refractivity contribution in [1.29, 1.82) is 0 Å². The smallest absolute Gasteiger partial charge is 0.220 e. The summed E-state index contributed by atoms with van der Waals surface area (Å²) in [7, 11) is 0. The molecule has 2 N–H and O–H groups in total. The summed E-state index contributed by atoms with van der Waals surface area (Å²) in [5, 5.41) is 4.26. The van der Waals surface area contributed by atoms with Crippen LogP contribution in [0.2, 0.25) is 0 Å². The van der Waals surface area contributed by atoms with Gasteiger partial charge in [-0.1, -0.05) is 30.3 Å². The number of para-hydroxylation sites is 3. The monoisotopic (exact) mass is 346 g/mol. The molecule has 4 aromatic rings. The molecule has 0 saturated heterocycles. The molecule has 0 saturated carbocycles. The summed E-state index contributed by atoms with van der Waals surface area (Å²) >= 11 is 0. The summed E-state index contributed by atoms with van der Waals surface area (Å²) in [6.45, 7) is 1.59. The third-order valence-corrected chi connectivity index (χ3v) is 4.61. The number of nitrogens with one attached hydrogen (secondary N) is 2. The summed E-state index contributed by atoms with van der Waals surface area (Å²) in [6, 6.07) is 18.4. The number of aryl methyl sites for hydroxylation is 2. The number of nitrogens with zero attached hydrogens (tertiary/aromatic N) is 2. The van der Waals surface area contributed by atoms with E-state index in [-0.39, 0.29) is 5.91 Å². The molecule has 0 bridgehead atoms. The maximum atomic E-state index is 12.0. The summed E-state index contributed by atoms with van der Waals surface area (Å²) in [4.78, 5) is 19.8. The lowest BCUT2D eigenvalue weighted by Gasteiger charge is -2.07. The van der Waals surface area contributed by atoms with Crippen LogP contribution in [0.3, 0.4) is 0 Å². The Labute approximate surface area is 152 Å². The van der Waals surface area contributed by atoms with E-state index in [9.17, 15) is 4.79 Å². The van der Waals surface area contributed by atoms with Gasteiger partial charge in [-0.25, -0.2) is 4.98 Å². The Kier molecular flexibility index (Phi) is 4.69. The minimum atomic E-state index is 0.0721. The van der Waals surface area contributed by atoms with Gasteiger partial charge < -0.3 is 14.9 Å². The second-order valence-electron chi connectivity index (χ2n) is 6.47. The third-order valence-electron chi connectivity index (χ3n) is 4.61. The number of hydrogen-bond donors (Lipinski definition) is 2. The Bertz CT molecular complexity index is 998. The minimum absolute atomic E-state index is 0.0721. The van der Waals surface area contributed by atoms with Crippen molar-refractivity contribution < 1.29 is 4.79 Å².